The summed E-state index contributed by atoms with van der Waals surface area (Å²) in [5.41, 5.74) is 2.62. The summed E-state index contributed by atoms with van der Waals surface area (Å²) in [4.78, 5) is 2.44. The molecule has 1 unspecified atom stereocenters. The van der Waals surface area contributed by atoms with Gasteiger partial charge in [0.2, 0.25) is 0 Å². The van der Waals surface area contributed by atoms with Gasteiger partial charge in [0.05, 0.1) is 6.61 Å². The van der Waals surface area contributed by atoms with Gasteiger partial charge in [-0.2, -0.15) is 0 Å². The maximum atomic E-state index is 9.10. The topological polar surface area (TPSA) is 44.7 Å². The Morgan fingerprint density at radius 2 is 2.33 bits per heavy atom. The van der Waals surface area contributed by atoms with E-state index in [1.807, 2.05) is 0 Å². The van der Waals surface area contributed by atoms with Crippen molar-refractivity contribution in [2.45, 2.75) is 19.4 Å². The van der Waals surface area contributed by atoms with Gasteiger partial charge in [-0.15, -0.1) is 0 Å². The molecule has 1 saturated heterocycles. The quantitative estimate of drug-likeness (QED) is 0.702. The van der Waals surface area contributed by atoms with Crippen LogP contribution in [0.3, 0.4) is 0 Å². The molecule has 0 amide bonds. The molecule has 0 aliphatic carbocycles. The number of aliphatic hydroxyl groups excluding tert-OH is 1. The Morgan fingerprint density at radius 1 is 1.48 bits per heavy atom. The second-order valence-corrected chi connectivity index (χ2v) is 6.47. The lowest BCUT2D eigenvalue weighted by Crippen LogP contribution is -2.24. The number of aliphatic hydroxyl groups is 1. The maximum Gasteiger partial charge on any atom is 0.0587 e. The van der Waals surface area contributed by atoms with Gasteiger partial charge in [0.1, 0.15) is 0 Å². The molecular weight excluding hydrogens is 332 g/mol. The van der Waals surface area contributed by atoms with E-state index in [4.69, 9.17) is 9.84 Å². The van der Waals surface area contributed by atoms with Crippen LogP contribution < -0.4 is 10.2 Å². The Bertz CT molecular complexity index is 442. The Labute approximate surface area is 135 Å². The molecule has 0 spiro atoms. The molecule has 0 saturated carbocycles. The maximum absolute atomic E-state index is 9.10. The van der Waals surface area contributed by atoms with Crippen molar-refractivity contribution >= 4 is 21.6 Å². The molecule has 1 aromatic carbocycles. The van der Waals surface area contributed by atoms with Gasteiger partial charge in [0, 0.05) is 50.1 Å². The molecule has 2 N–H and O–H groups in total. The van der Waals surface area contributed by atoms with Crippen LogP contribution in [0.1, 0.15) is 18.4 Å². The highest BCUT2D eigenvalue weighted by Crippen LogP contribution is 2.30. The fraction of sp³-hybridized carbons (Fsp3) is 0.625. The number of nitrogens with zero attached hydrogens (tertiary/aromatic N) is 1. The van der Waals surface area contributed by atoms with Gasteiger partial charge in [0.25, 0.3) is 0 Å². The van der Waals surface area contributed by atoms with Gasteiger partial charge in [-0.3, -0.25) is 0 Å². The first-order chi connectivity index (χ1) is 10.2. The summed E-state index contributed by atoms with van der Waals surface area (Å²) in [6.45, 7) is 4.86. The molecule has 2 rings (SSSR count). The third-order valence-electron chi connectivity index (χ3n) is 4.01. The van der Waals surface area contributed by atoms with Gasteiger partial charge in [-0.25, -0.2) is 0 Å². The largest absolute Gasteiger partial charge is 0.396 e. The Morgan fingerprint density at radius 3 is 3.10 bits per heavy atom. The normalized spacial score (nSPS) is 18.4. The van der Waals surface area contributed by atoms with Gasteiger partial charge < -0.3 is 20.1 Å². The average molecular weight is 357 g/mol. The monoisotopic (exact) mass is 356 g/mol. The van der Waals surface area contributed by atoms with Gasteiger partial charge in [0.15, 0.2) is 0 Å². The number of hydrogen-bond donors (Lipinski definition) is 2. The van der Waals surface area contributed by atoms with Crippen LogP contribution in [0.25, 0.3) is 0 Å². The van der Waals surface area contributed by atoms with E-state index in [9.17, 15) is 0 Å². The van der Waals surface area contributed by atoms with Gasteiger partial charge in [-0.05, 0) is 36.5 Å². The Balaban J connectivity index is 2.01. The zero-order valence-electron chi connectivity index (χ0n) is 12.6. The van der Waals surface area contributed by atoms with Crippen LogP contribution in [0.4, 0.5) is 5.69 Å². The summed E-state index contributed by atoms with van der Waals surface area (Å²) in [5, 5.41) is 12.5. The van der Waals surface area contributed by atoms with Gasteiger partial charge in [-0.1, -0.05) is 22.0 Å². The van der Waals surface area contributed by atoms with E-state index in [2.05, 4.69) is 44.3 Å². The molecular formula is C16H25BrN2O2. The second kappa shape index (κ2) is 8.73. The summed E-state index contributed by atoms with van der Waals surface area (Å²) in [7, 11) is 1.72. The number of hydrogen-bond acceptors (Lipinski definition) is 4. The van der Waals surface area contributed by atoms with Crippen molar-refractivity contribution in [3.63, 3.8) is 0 Å². The summed E-state index contributed by atoms with van der Waals surface area (Å²) in [6.07, 6.45) is 2.08. The lowest BCUT2D eigenvalue weighted by molar-refractivity contribution is 0.199. The Kier molecular flexibility index (Phi) is 6.96. The van der Waals surface area contributed by atoms with Crippen LogP contribution in [0, 0.1) is 5.92 Å². The SMILES string of the molecule is COCCNCc1ccc(Br)cc1N1CCC(CCO)C1. The summed E-state index contributed by atoms with van der Waals surface area (Å²) < 4.78 is 6.18. The molecule has 0 radical (unpaired) electrons. The highest BCUT2D eigenvalue weighted by Gasteiger charge is 2.23. The molecule has 0 aromatic heterocycles. The third-order valence-corrected chi connectivity index (χ3v) is 4.50. The van der Waals surface area contributed by atoms with Crippen LogP contribution in [-0.4, -0.2) is 45.1 Å². The molecule has 1 atom stereocenters. The summed E-state index contributed by atoms with van der Waals surface area (Å²) >= 11 is 3.58. The molecule has 1 aliphatic rings. The minimum absolute atomic E-state index is 0.294. The van der Waals surface area contributed by atoms with Crippen LogP contribution in [0.5, 0.6) is 0 Å². The number of ether oxygens (including phenoxy) is 1. The van der Waals surface area contributed by atoms with Crippen LogP contribution in [0.2, 0.25) is 0 Å². The standard InChI is InChI=1S/C16H25BrN2O2/c1-21-9-6-18-11-14-2-3-15(17)10-16(14)19-7-4-13(12-19)5-8-20/h2-3,10,13,18,20H,4-9,11-12H2,1H3. The van der Waals surface area contributed by atoms with Crippen molar-refractivity contribution in [1.29, 1.82) is 0 Å². The van der Waals surface area contributed by atoms with Crippen molar-refractivity contribution in [2.24, 2.45) is 5.92 Å². The minimum Gasteiger partial charge on any atom is -0.396 e. The van der Waals surface area contributed by atoms with Gasteiger partial charge >= 0.3 is 0 Å². The molecule has 0 bridgehead atoms. The van der Waals surface area contributed by atoms with E-state index in [1.54, 1.807) is 7.11 Å². The first kappa shape index (κ1) is 16.7. The molecule has 4 nitrogen and oxygen atoms in total. The molecule has 1 fully saturated rings. The van der Waals surface area contributed by atoms with E-state index < -0.39 is 0 Å². The van der Waals surface area contributed by atoms with Crippen molar-refractivity contribution in [1.82, 2.24) is 5.32 Å². The second-order valence-electron chi connectivity index (χ2n) is 5.56. The molecule has 1 aliphatic heterocycles. The number of methoxy groups -OCH3 is 1. The fourth-order valence-corrected chi connectivity index (χ4v) is 3.20. The van der Waals surface area contributed by atoms with E-state index in [-0.39, 0.29) is 0 Å². The molecule has 21 heavy (non-hydrogen) atoms. The van der Waals surface area contributed by atoms with Crippen molar-refractivity contribution in [2.75, 3.05) is 44.9 Å². The molecule has 1 aromatic rings. The smallest absolute Gasteiger partial charge is 0.0587 e. The zero-order valence-corrected chi connectivity index (χ0v) is 14.2. The van der Waals surface area contributed by atoms with Crippen LogP contribution in [0.15, 0.2) is 22.7 Å². The third kappa shape index (κ3) is 4.95. The van der Waals surface area contributed by atoms with E-state index >= 15 is 0 Å². The first-order valence-corrected chi connectivity index (χ1v) is 8.37. The number of halogens is 1. The predicted octanol–water partition coefficient (Wildman–Crippen LogP) is 2.39. The van der Waals surface area contributed by atoms with E-state index in [0.29, 0.717) is 12.5 Å². The molecule has 5 heteroatoms. The summed E-state index contributed by atoms with van der Waals surface area (Å²) in [5.74, 6) is 0.614. The minimum atomic E-state index is 0.294. The van der Waals surface area contributed by atoms with Crippen molar-refractivity contribution in [3.8, 4) is 0 Å². The van der Waals surface area contributed by atoms with Crippen molar-refractivity contribution < 1.29 is 9.84 Å². The fourth-order valence-electron chi connectivity index (χ4n) is 2.85. The molecule has 1 heterocycles. The number of rotatable bonds is 8. The van der Waals surface area contributed by atoms with E-state index in [0.717, 1.165) is 43.7 Å². The van der Waals surface area contributed by atoms with Crippen LogP contribution in [-0.2, 0) is 11.3 Å². The first-order valence-electron chi connectivity index (χ1n) is 7.58. The lowest BCUT2D eigenvalue weighted by atomic mass is 10.1. The summed E-state index contributed by atoms with van der Waals surface area (Å²) in [6, 6.07) is 6.48. The van der Waals surface area contributed by atoms with Crippen molar-refractivity contribution in [3.05, 3.63) is 28.2 Å². The van der Waals surface area contributed by atoms with E-state index in [1.165, 1.54) is 17.7 Å². The lowest BCUT2D eigenvalue weighted by Gasteiger charge is -2.23. The van der Waals surface area contributed by atoms with Crippen LogP contribution >= 0.6 is 15.9 Å². The predicted molar refractivity (Wildman–Crippen MR) is 89.7 cm³/mol. The Hall–Kier alpha value is -0.620. The highest BCUT2D eigenvalue weighted by molar-refractivity contribution is 9.10. The number of benzene rings is 1. The number of anilines is 1. The molecule has 118 valence electrons. The number of nitrogens with one attached hydrogen (secondary N) is 1. The highest BCUT2D eigenvalue weighted by atomic mass is 79.9. The average Bonchev–Trinajstić information content (AvgIpc) is 2.94. The zero-order chi connectivity index (χ0) is 15.1.